The second-order valence-electron chi connectivity index (χ2n) is 5.96. The number of hydrogen-bond acceptors (Lipinski definition) is 3. The second kappa shape index (κ2) is 5.48. The molecule has 3 nitrogen and oxygen atoms in total. The molecule has 1 heterocycles. The second-order valence-corrected chi connectivity index (χ2v) is 5.96. The zero-order valence-corrected chi connectivity index (χ0v) is 10.8. The Balaban J connectivity index is 1.62. The Morgan fingerprint density at radius 2 is 2.19 bits per heavy atom. The summed E-state index contributed by atoms with van der Waals surface area (Å²) in [4.78, 5) is 2.53. The highest BCUT2D eigenvalue weighted by Gasteiger charge is 2.24. The average molecular weight is 226 g/mol. The van der Waals surface area contributed by atoms with E-state index in [-0.39, 0.29) is 5.54 Å². The van der Waals surface area contributed by atoms with Gasteiger partial charge >= 0.3 is 0 Å². The monoisotopic (exact) mass is 226 g/mol. The maximum absolute atomic E-state index is 5.71. The maximum atomic E-state index is 5.71. The standard InChI is InChI=1S/C13H26N2O/c1-13(2)11-15(7-3-6-14-13)8-9-16-10-12-4-5-12/h12,14H,3-11H2,1-2H3. The predicted molar refractivity (Wildman–Crippen MR) is 66.7 cm³/mol. The topological polar surface area (TPSA) is 24.5 Å². The van der Waals surface area contributed by atoms with E-state index in [9.17, 15) is 0 Å². The van der Waals surface area contributed by atoms with Crippen LogP contribution >= 0.6 is 0 Å². The fourth-order valence-corrected chi connectivity index (χ4v) is 2.34. The van der Waals surface area contributed by atoms with Gasteiger partial charge in [-0.1, -0.05) is 0 Å². The molecule has 0 aromatic heterocycles. The van der Waals surface area contributed by atoms with Gasteiger partial charge in [0, 0.05) is 25.2 Å². The zero-order chi connectivity index (χ0) is 11.4. The molecule has 0 radical (unpaired) electrons. The van der Waals surface area contributed by atoms with Crippen molar-refractivity contribution < 1.29 is 4.74 Å². The summed E-state index contributed by atoms with van der Waals surface area (Å²) in [5.74, 6) is 0.891. The Labute approximate surface area is 99.5 Å². The molecule has 1 saturated heterocycles. The summed E-state index contributed by atoms with van der Waals surface area (Å²) in [7, 11) is 0. The summed E-state index contributed by atoms with van der Waals surface area (Å²) in [5, 5.41) is 3.59. The first-order valence-electron chi connectivity index (χ1n) is 6.71. The van der Waals surface area contributed by atoms with Crippen molar-refractivity contribution in [2.75, 3.05) is 39.4 Å². The van der Waals surface area contributed by atoms with Gasteiger partial charge in [0.1, 0.15) is 0 Å². The third kappa shape index (κ3) is 4.40. The normalized spacial score (nSPS) is 26.6. The van der Waals surface area contributed by atoms with Crippen LogP contribution in [0.4, 0.5) is 0 Å². The van der Waals surface area contributed by atoms with Crippen molar-refractivity contribution in [2.24, 2.45) is 5.92 Å². The zero-order valence-electron chi connectivity index (χ0n) is 10.8. The molecule has 0 spiro atoms. The van der Waals surface area contributed by atoms with Crippen molar-refractivity contribution in [2.45, 2.75) is 38.6 Å². The molecule has 2 rings (SSSR count). The number of nitrogens with zero attached hydrogens (tertiary/aromatic N) is 1. The van der Waals surface area contributed by atoms with Crippen molar-refractivity contribution in [1.29, 1.82) is 0 Å². The van der Waals surface area contributed by atoms with Gasteiger partial charge in [-0.3, -0.25) is 4.90 Å². The summed E-state index contributed by atoms with van der Waals surface area (Å²) in [6.07, 6.45) is 4.04. The van der Waals surface area contributed by atoms with Crippen LogP contribution in [0.5, 0.6) is 0 Å². The van der Waals surface area contributed by atoms with Crippen molar-refractivity contribution in [3.8, 4) is 0 Å². The van der Waals surface area contributed by atoms with E-state index in [0.717, 1.165) is 38.8 Å². The molecule has 0 bridgehead atoms. The van der Waals surface area contributed by atoms with Gasteiger partial charge in [0.25, 0.3) is 0 Å². The molecule has 0 atom stereocenters. The van der Waals surface area contributed by atoms with E-state index in [1.165, 1.54) is 25.8 Å². The fraction of sp³-hybridized carbons (Fsp3) is 1.00. The summed E-state index contributed by atoms with van der Waals surface area (Å²) in [5.41, 5.74) is 0.257. The number of rotatable bonds is 5. The molecule has 2 fully saturated rings. The van der Waals surface area contributed by atoms with Gasteiger partial charge < -0.3 is 10.1 Å². The maximum Gasteiger partial charge on any atom is 0.0593 e. The number of ether oxygens (including phenoxy) is 1. The molecule has 1 aliphatic carbocycles. The predicted octanol–water partition coefficient (Wildman–Crippen LogP) is 1.49. The lowest BCUT2D eigenvalue weighted by Gasteiger charge is -2.29. The summed E-state index contributed by atoms with van der Waals surface area (Å²) >= 11 is 0. The van der Waals surface area contributed by atoms with E-state index in [0.29, 0.717) is 0 Å². The first kappa shape index (κ1) is 12.3. The quantitative estimate of drug-likeness (QED) is 0.719. The van der Waals surface area contributed by atoms with Crippen LogP contribution in [-0.2, 0) is 4.74 Å². The largest absolute Gasteiger partial charge is 0.380 e. The Morgan fingerprint density at radius 1 is 1.38 bits per heavy atom. The molecule has 1 aliphatic heterocycles. The van der Waals surface area contributed by atoms with E-state index in [1.54, 1.807) is 0 Å². The Bertz CT molecular complexity index is 214. The smallest absolute Gasteiger partial charge is 0.0593 e. The van der Waals surface area contributed by atoms with Gasteiger partial charge in [0.05, 0.1) is 6.61 Å². The van der Waals surface area contributed by atoms with Crippen LogP contribution < -0.4 is 5.32 Å². The van der Waals surface area contributed by atoms with Gasteiger partial charge in [-0.15, -0.1) is 0 Å². The molecule has 0 aromatic carbocycles. The van der Waals surface area contributed by atoms with Crippen molar-refractivity contribution in [1.82, 2.24) is 10.2 Å². The molecular weight excluding hydrogens is 200 g/mol. The lowest BCUT2D eigenvalue weighted by Crippen LogP contribution is -2.47. The molecule has 94 valence electrons. The van der Waals surface area contributed by atoms with E-state index >= 15 is 0 Å². The van der Waals surface area contributed by atoms with Gasteiger partial charge in [0.2, 0.25) is 0 Å². The third-order valence-electron chi connectivity index (χ3n) is 3.48. The van der Waals surface area contributed by atoms with Gasteiger partial charge in [-0.2, -0.15) is 0 Å². The average Bonchev–Trinajstić information content (AvgIpc) is 3.01. The van der Waals surface area contributed by atoms with Gasteiger partial charge in [0.15, 0.2) is 0 Å². The summed E-state index contributed by atoms with van der Waals surface area (Å²) < 4.78 is 5.71. The minimum Gasteiger partial charge on any atom is -0.380 e. The molecular formula is C13H26N2O. The van der Waals surface area contributed by atoms with Crippen LogP contribution in [0, 0.1) is 5.92 Å². The molecule has 0 aromatic rings. The molecule has 0 unspecified atom stereocenters. The van der Waals surface area contributed by atoms with Crippen LogP contribution in [0.15, 0.2) is 0 Å². The number of hydrogen-bond donors (Lipinski definition) is 1. The minimum atomic E-state index is 0.257. The molecule has 16 heavy (non-hydrogen) atoms. The SMILES string of the molecule is CC1(C)CN(CCOCC2CC2)CCCN1. The molecule has 2 aliphatic rings. The van der Waals surface area contributed by atoms with Crippen LogP contribution in [0.1, 0.15) is 33.1 Å². The summed E-state index contributed by atoms with van der Waals surface area (Å²) in [6.45, 7) is 11.1. The lowest BCUT2D eigenvalue weighted by molar-refractivity contribution is 0.0918. The van der Waals surface area contributed by atoms with Gasteiger partial charge in [-0.25, -0.2) is 0 Å². The highest BCUT2D eigenvalue weighted by Crippen LogP contribution is 2.28. The highest BCUT2D eigenvalue weighted by molar-refractivity contribution is 4.84. The lowest BCUT2D eigenvalue weighted by atomic mass is 10.1. The van der Waals surface area contributed by atoms with Crippen molar-refractivity contribution in [3.63, 3.8) is 0 Å². The fourth-order valence-electron chi connectivity index (χ4n) is 2.34. The van der Waals surface area contributed by atoms with Crippen molar-refractivity contribution >= 4 is 0 Å². The van der Waals surface area contributed by atoms with E-state index in [4.69, 9.17) is 4.74 Å². The molecule has 3 heteroatoms. The number of nitrogens with one attached hydrogen (secondary N) is 1. The highest BCUT2D eigenvalue weighted by atomic mass is 16.5. The Kier molecular flexibility index (Phi) is 4.22. The van der Waals surface area contributed by atoms with Crippen LogP contribution in [-0.4, -0.2) is 49.8 Å². The van der Waals surface area contributed by atoms with Gasteiger partial charge in [-0.05, 0) is 52.1 Å². The first-order chi connectivity index (χ1) is 7.66. The van der Waals surface area contributed by atoms with Crippen LogP contribution in [0.25, 0.3) is 0 Å². The molecule has 1 N–H and O–H groups in total. The molecule has 1 saturated carbocycles. The van der Waals surface area contributed by atoms with E-state index in [2.05, 4.69) is 24.1 Å². The third-order valence-corrected chi connectivity index (χ3v) is 3.48. The van der Waals surface area contributed by atoms with Crippen molar-refractivity contribution in [3.05, 3.63) is 0 Å². The Morgan fingerprint density at radius 3 is 2.94 bits per heavy atom. The van der Waals surface area contributed by atoms with E-state index in [1.807, 2.05) is 0 Å². The van der Waals surface area contributed by atoms with Crippen LogP contribution in [0.3, 0.4) is 0 Å². The molecule has 0 amide bonds. The first-order valence-corrected chi connectivity index (χ1v) is 6.71. The Hall–Kier alpha value is -0.120. The summed E-state index contributed by atoms with van der Waals surface area (Å²) in [6, 6.07) is 0. The van der Waals surface area contributed by atoms with Crippen LogP contribution in [0.2, 0.25) is 0 Å². The minimum absolute atomic E-state index is 0.257. The van der Waals surface area contributed by atoms with E-state index < -0.39 is 0 Å².